The molecule has 1 atom stereocenters. The van der Waals surface area contributed by atoms with Crippen LogP contribution in [0.15, 0.2) is 35.9 Å². The highest BCUT2D eigenvalue weighted by Gasteiger charge is 2.47. The molecule has 0 amide bonds. The molecule has 3 nitrogen and oxygen atoms in total. The molecule has 0 saturated heterocycles. The maximum absolute atomic E-state index is 12.4. The van der Waals surface area contributed by atoms with E-state index in [4.69, 9.17) is 4.74 Å². The van der Waals surface area contributed by atoms with Gasteiger partial charge in [0.05, 0.1) is 12.5 Å². The van der Waals surface area contributed by atoms with Gasteiger partial charge >= 0.3 is 0 Å². The van der Waals surface area contributed by atoms with Crippen LogP contribution in [0.1, 0.15) is 31.2 Å². The number of fused-ring (bicyclic) bond motifs is 1. The molecule has 1 aromatic rings. The minimum Gasteiger partial charge on any atom is -0.497 e. The fourth-order valence-corrected chi connectivity index (χ4v) is 3.41. The molecule has 3 heteroatoms. The third kappa shape index (κ3) is 2.07. The molecule has 0 spiro atoms. The molecule has 0 unspecified atom stereocenters. The predicted molar refractivity (Wildman–Crippen MR) is 75.7 cm³/mol. The number of ketones is 2. The topological polar surface area (TPSA) is 43.4 Å². The molecule has 2 aliphatic rings. The molecule has 1 saturated carbocycles. The Morgan fingerprint density at radius 3 is 2.55 bits per heavy atom. The van der Waals surface area contributed by atoms with Gasteiger partial charge in [-0.25, -0.2) is 0 Å². The van der Waals surface area contributed by atoms with E-state index in [0.29, 0.717) is 31.5 Å². The van der Waals surface area contributed by atoms with Crippen LogP contribution < -0.4 is 4.74 Å². The zero-order chi connectivity index (χ0) is 14.2. The number of carbonyl (C=O) groups is 2. The SMILES string of the molecule is COc1ccc(C[C@]23CCC(=O)C=C2CCC3=O)cc1. The van der Waals surface area contributed by atoms with E-state index in [9.17, 15) is 9.59 Å². The third-order valence-corrected chi connectivity index (χ3v) is 4.57. The van der Waals surface area contributed by atoms with E-state index < -0.39 is 5.41 Å². The summed E-state index contributed by atoms with van der Waals surface area (Å²) in [5, 5.41) is 0. The predicted octanol–water partition coefficient (Wildman–Crippen LogP) is 2.88. The second kappa shape index (κ2) is 4.89. The van der Waals surface area contributed by atoms with Gasteiger partial charge in [0.15, 0.2) is 5.78 Å². The van der Waals surface area contributed by atoms with Crippen LogP contribution in [0, 0.1) is 5.41 Å². The van der Waals surface area contributed by atoms with E-state index in [1.165, 1.54) is 0 Å². The Kier molecular flexibility index (Phi) is 3.20. The van der Waals surface area contributed by atoms with Gasteiger partial charge in [0.2, 0.25) is 0 Å². The minimum atomic E-state index is -0.414. The Morgan fingerprint density at radius 1 is 1.10 bits per heavy atom. The van der Waals surface area contributed by atoms with Crippen LogP contribution in [0.5, 0.6) is 5.75 Å². The highest BCUT2D eigenvalue weighted by atomic mass is 16.5. The van der Waals surface area contributed by atoms with Crippen LogP contribution in [-0.2, 0) is 16.0 Å². The summed E-state index contributed by atoms with van der Waals surface area (Å²) in [6.45, 7) is 0. The summed E-state index contributed by atoms with van der Waals surface area (Å²) in [6, 6.07) is 7.85. The maximum Gasteiger partial charge on any atom is 0.155 e. The fraction of sp³-hybridized carbons (Fsp3) is 0.412. The third-order valence-electron chi connectivity index (χ3n) is 4.57. The van der Waals surface area contributed by atoms with Crippen molar-refractivity contribution in [2.24, 2.45) is 5.41 Å². The summed E-state index contributed by atoms with van der Waals surface area (Å²) in [6.07, 6.45) is 4.91. The average Bonchev–Trinajstić information content (AvgIpc) is 2.77. The maximum atomic E-state index is 12.4. The molecule has 1 aromatic carbocycles. The zero-order valence-electron chi connectivity index (χ0n) is 11.6. The van der Waals surface area contributed by atoms with Crippen LogP contribution in [-0.4, -0.2) is 18.7 Å². The van der Waals surface area contributed by atoms with Gasteiger partial charge in [-0.15, -0.1) is 0 Å². The number of rotatable bonds is 3. The molecule has 0 aromatic heterocycles. The lowest BCUT2D eigenvalue weighted by molar-refractivity contribution is -0.125. The van der Waals surface area contributed by atoms with Gasteiger partial charge in [0, 0.05) is 12.8 Å². The molecule has 0 aliphatic heterocycles. The first-order chi connectivity index (χ1) is 9.64. The van der Waals surface area contributed by atoms with Crippen molar-refractivity contribution in [3.63, 3.8) is 0 Å². The Hall–Kier alpha value is -1.90. The van der Waals surface area contributed by atoms with E-state index in [0.717, 1.165) is 23.3 Å². The first-order valence-electron chi connectivity index (χ1n) is 7.04. The van der Waals surface area contributed by atoms with Gasteiger partial charge in [-0.2, -0.15) is 0 Å². The Balaban J connectivity index is 1.92. The number of Topliss-reactive ketones (excluding diaryl/α,β-unsaturated/α-hetero) is 1. The molecule has 0 bridgehead atoms. The van der Waals surface area contributed by atoms with Crippen molar-refractivity contribution in [2.45, 2.75) is 32.1 Å². The van der Waals surface area contributed by atoms with Gasteiger partial charge in [0.1, 0.15) is 11.5 Å². The number of hydrogen-bond acceptors (Lipinski definition) is 3. The van der Waals surface area contributed by atoms with Gasteiger partial charge in [0.25, 0.3) is 0 Å². The summed E-state index contributed by atoms with van der Waals surface area (Å²) < 4.78 is 5.16. The van der Waals surface area contributed by atoms with Crippen LogP contribution in [0.3, 0.4) is 0 Å². The highest BCUT2D eigenvalue weighted by molar-refractivity contribution is 5.99. The summed E-state index contributed by atoms with van der Waals surface area (Å²) in [5.74, 6) is 1.28. The molecule has 1 fully saturated rings. The van der Waals surface area contributed by atoms with Crippen molar-refractivity contribution in [3.8, 4) is 5.75 Å². The van der Waals surface area contributed by atoms with Crippen LogP contribution in [0.25, 0.3) is 0 Å². The largest absolute Gasteiger partial charge is 0.497 e. The number of ether oxygens (including phenoxy) is 1. The molecule has 0 N–H and O–H groups in total. The number of methoxy groups -OCH3 is 1. The van der Waals surface area contributed by atoms with Crippen LogP contribution >= 0.6 is 0 Å². The lowest BCUT2D eigenvalue weighted by Crippen LogP contribution is -2.33. The van der Waals surface area contributed by atoms with Crippen LogP contribution in [0.4, 0.5) is 0 Å². The standard InChI is InChI=1S/C17H18O3/c1-20-15-5-2-12(3-6-15)11-17-9-8-14(18)10-13(17)4-7-16(17)19/h2-3,5-6,10H,4,7-9,11H2,1H3/t17-/m1/s1. The summed E-state index contributed by atoms with van der Waals surface area (Å²) in [7, 11) is 1.64. The molecular weight excluding hydrogens is 252 g/mol. The normalized spacial score (nSPS) is 25.4. The lowest BCUT2D eigenvalue weighted by Gasteiger charge is -2.32. The van der Waals surface area contributed by atoms with Crippen molar-refractivity contribution in [2.75, 3.05) is 7.11 Å². The van der Waals surface area contributed by atoms with E-state index in [2.05, 4.69) is 0 Å². The highest BCUT2D eigenvalue weighted by Crippen LogP contribution is 2.48. The summed E-state index contributed by atoms with van der Waals surface area (Å²) in [5.41, 5.74) is 1.76. The van der Waals surface area contributed by atoms with E-state index >= 15 is 0 Å². The summed E-state index contributed by atoms with van der Waals surface area (Å²) >= 11 is 0. The number of allylic oxidation sites excluding steroid dienone is 2. The monoisotopic (exact) mass is 270 g/mol. The van der Waals surface area contributed by atoms with Gasteiger partial charge in [-0.1, -0.05) is 17.7 Å². The summed E-state index contributed by atoms with van der Waals surface area (Å²) in [4.78, 5) is 24.0. The number of hydrogen-bond donors (Lipinski definition) is 0. The first-order valence-corrected chi connectivity index (χ1v) is 7.04. The van der Waals surface area contributed by atoms with Crippen molar-refractivity contribution < 1.29 is 14.3 Å². The number of benzene rings is 1. The van der Waals surface area contributed by atoms with E-state index in [1.54, 1.807) is 13.2 Å². The molecule has 0 radical (unpaired) electrons. The van der Waals surface area contributed by atoms with Crippen molar-refractivity contribution in [3.05, 3.63) is 41.5 Å². The zero-order valence-corrected chi connectivity index (χ0v) is 11.6. The van der Waals surface area contributed by atoms with E-state index in [1.807, 2.05) is 24.3 Å². The second-order valence-electron chi connectivity index (χ2n) is 5.67. The minimum absolute atomic E-state index is 0.167. The number of carbonyl (C=O) groups excluding carboxylic acids is 2. The van der Waals surface area contributed by atoms with Crippen LogP contribution in [0.2, 0.25) is 0 Å². The molecular formula is C17H18O3. The molecule has 104 valence electrons. The second-order valence-corrected chi connectivity index (χ2v) is 5.67. The molecule has 0 heterocycles. The van der Waals surface area contributed by atoms with Crippen molar-refractivity contribution >= 4 is 11.6 Å². The Morgan fingerprint density at radius 2 is 1.85 bits per heavy atom. The van der Waals surface area contributed by atoms with Gasteiger partial charge < -0.3 is 4.74 Å². The molecule has 2 aliphatic carbocycles. The van der Waals surface area contributed by atoms with Gasteiger partial charge in [-0.05, 0) is 43.0 Å². The quantitative estimate of drug-likeness (QED) is 0.848. The first kappa shape index (κ1) is 13.1. The average molecular weight is 270 g/mol. The molecule has 3 rings (SSSR count). The lowest BCUT2D eigenvalue weighted by atomic mass is 9.69. The van der Waals surface area contributed by atoms with Gasteiger partial charge in [-0.3, -0.25) is 9.59 Å². The Bertz CT molecular complexity index is 583. The van der Waals surface area contributed by atoms with E-state index in [-0.39, 0.29) is 5.78 Å². The Labute approximate surface area is 118 Å². The molecule has 20 heavy (non-hydrogen) atoms. The smallest absolute Gasteiger partial charge is 0.155 e. The van der Waals surface area contributed by atoms with Crippen molar-refractivity contribution in [1.29, 1.82) is 0 Å². The van der Waals surface area contributed by atoms with Crippen molar-refractivity contribution in [1.82, 2.24) is 0 Å². The fourth-order valence-electron chi connectivity index (χ4n) is 3.41.